The Hall–Kier alpha value is -1.56. The number of halogens is 3. The Labute approximate surface area is 133 Å². The summed E-state index contributed by atoms with van der Waals surface area (Å²) in [4.78, 5) is 12.2. The zero-order chi connectivity index (χ0) is 16.7. The van der Waals surface area contributed by atoms with Crippen molar-refractivity contribution >= 4 is 5.91 Å². The number of rotatable bonds is 5. The molecule has 2 fully saturated rings. The number of alkyl halides is 3. The van der Waals surface area contributed by atoms with E-state index in [1.165, 1.54) is 12.1 Å². The SMILES string of the molecule is CC(C(=O)NCC1(c2cccc(C(F)(F)F)c2)CC1)C1CNC1. The number of hydrogen-bond acceptors (Lipinski definition) is 2. The molecule has 1 aliphatic carbocycles. The molecule has 126 valence electrons. The van der Waals surface area contributed by atoms with Crippen molar-refractivity contribution in [3.05, 3.63) is 35.4 Å². The minimum atomic E-state index is -4.33. The van der Waals surface area contributed by atoms with E-state index in [9.17, 15) is 18.0 Å². The minimum Gasteiger partial charge on any atom is -0.355 e. The van der Waals surface area contributed by atoms with Crippen molar-refractivity contribution in [3.8, 4) is 0 Å². The fourth-order valence-corrected chi connectivity index (χ4v) is 3.04. The molecular formula is C17H21F3N2O. The van der Waals surface area contributed by atoms with E-state index in [2.05, 4.69) is 10.6 Å². The Balaban J connectivity index is 1.65. The number of hydrogen-bond donors (Lipinski definition) is 2. The van der Waals surface area contributed by atoms with Gasteiger partial charge in [-0.05, 0) is 43.5 Å². The minimum absolute atomic E-state index is 0.00486. The first-order chi connectivity index (χ1) is 10.8. The van der Waals surface area contributed by atoms with Gasteiger partial charge in [-0.2, -0.15) is 13.2 Å². The Kier molecular flexibility index (Phi) is 4.12. The maximum absolute atomic E-state index is 12.9. The van der Waals surface area contributed by atoms with Crippen LogP contribution in [-0.2, 0) is 16.4 Å². The molecule has 1 aliphatic heterocycles. The maximum Gasteiger partial charge on any atom is 0.416 e. The highest BCUT2D eigenvalue weighted by molar-refractivity contribution is 5.79. The summed E-state index contributed by atoms with van der Waals surface area (Å²) in [6.45, 7) is 4.03. The summed E-state index contributed by atoms with van der Waals surface area (Å²) in [6.07, 6.45) is -2.71. The summed E-state index contributed by atoms with van der Waals surface area (Å²) in [6, 6.07) is 5.48. The van der Waals surface area contributed by atoms with Crippen molar-refractivity contribution in [2.75, 3.05) is 19.6 Å². The van der Waals surface area contributed by atoms with Gasteiger partial charge in [-0.1, -0.05) is 25.1 Å². The second-order valence-electron chi connectivity index (χ2n) is 6.78. The third-order valence-corrected chi connectivity index (χ3v) is 5.19. The van der Waals surface area contributed by atoms with Crippen molar-refractivity contribution in [2.24, 2.45) is 11.8 Å². The van der Waals surface area contributed by atoms with Crippen molar-refractivity contribution < 1.29 is 18.0 Å². The molecule has 1 atom stereocenters. The van der Waals surface area contributed by atoms with Crippen LogP contribution in [0.4, 0.5) is 13.2 Å². The van der Waals surface area contributed by atoms with E-state index >= 15 is 0 Å². The van der Waals surface area contributed by atoms with Gasteiger partial charge in [-0.3, -0.25) is 4.79 Å². The van der Waals surface area contributed by atoms with Crippen molar-refractivity contribution in [2.45, 2.75) is 31.4 Å². The van der Waals surface area contributed by atoms with Crippen LogP contribution in [0.2, 0.25) is 0 Å². The first kappa shape index (κ1) is 16.3. The predicted molar refractivity (Wildman–Crippen MR) is 80.9 cm³/mol. The topological polar surface area (TPSA) is 41.1 Å². The normalized spacial score (nSPS) is 21.4. The molecule has 0 bridgehead atoms. The fraction of sp³-hybridized carbons (Fsp3) is 0.588. The lowest BCUT2D eigenvalue weighted by Crippen LogP contribution is -2.50. The average molecular weight is 326 g/mol. The van der Waals surface area contributed by atoms with Crippen LogP contribution < -0.4 is 10.6 Å². The number of carbonyl (C=O) groups excluding carboxylic acids is 1. The number of benzene rings is 1. The molecule has 23 heavy (non-hydrogen) atoms. The fourth-order valence-electron chi connectivity index (χ4n) is 3.04. The molecule has 1 saturated heterocycles. The van der Waals surface area contributed by atoms with Gasteiger partial charge in [0.15, 0.2) is 0 Å². The molecule has 1 aromatic rings. The number of amides is 1. The van der Waals surface area contributed by atoms with Gasteiger partial charge in [-0.25, -0.2) is 0 Å². The summed E-state index contributed by atoms with van der Waals surface area (Å²) < 4.78 is 38.6. The molecule has 3 nitrogen and oxygen atoms in total. The van der Waals surface area contributed by atoms with Gasteiger partial charge in [-0.15, -0.1) is 0 Å². The summed E-state index contributed by atoms with van der Waals surface area (Å²) in [5.41, 5.74) is -0.277. The van der Waals surface area contributed by atoms with E-state index in [1.807, 2.05) is 6.92 Å². The first-order valence-electron chi connectivity index (χ1n) is 7.98. The van der Waals surface area contributed by atoms with E-state index in [-0.39, 0.29) is 17.2 Å². The predicted octanol–water partition coefficient (Wildman–Crippen LogP) is 2.71. The summed E-state index contributed by atoms with van der Waals surface area (Å²) in [7, 11) is 0. The number of carbonyl (C=O) groups is 1. The third-order valence-electron chi connectivity index (χ3n) is 5.19. The molecule has 2 aliphatic rings. The zero-order valence-corrected chi connectivity index (χ0v) is 13.0. The first-order valence-corrected chi connectivity index (χ1v) is 7.98. The van der Waals surface area contributed by atoms with Crippen LogP contribution in [0.3, 0.4) is 0 Å². The summed E-state index contributed by atoms with van der Waals surface area (Å²) in [5, 5.41) is 6.08. The monoisotopic (exact) mass is 326 g/mol. The molecule has 2 N–H and O–H groups in total. The molecule has 3 rings (SSSR count). The van der Waals surface area contributed by atoms with Gasteiger partial charge in [0.25, 0.3) is 0 Å². The van der Waals surface area contributed by atoms with E-state index in [1.54, 1.807) is 6.07 Å². The molecule has 1 aromatic carbocycles. The second-order valence-corrected chi connectivity index (χ2v) is 6.78. The van der Waals surface area contributed by atoms with Crippen molar-refractivity contribution in [3.63, 3.8) is 0 Å². The molecule has 0 spiro atoms. The van der Waals surface area contributed by atoms with Gasteiger partial charge in [0.05, 0.1) is 5.56 Å². The second kappa shape index (κ2) is 5.82. The Morgan fingerprint density at radius 1 is 1.39 bits per heavy atom. The largest absolute Gasteiger partial charge is 0.416 e. The molecule has 1 saturated carbocycles. The lowest BCUT2D eigenvalue weighted by Gasteiger charge is -2.32. The van der Waals surface area contributed by atoms with Crippen LogP contribution in [0.25, 0.3) is 0 Å². The molecule has 1 amide bonds. The van der Waals surface area contributed by atoms with Gasteiger partial charge in [0.2, 0.25) is 5.91 Å². The van der Waals surface area contributed by atoms with Crippen LogP contribution in [0, 0.1) is 11.8 Å². The van der Waals surface area contributed by atoms with Crippen LogP contribution >= 0.6 is 0 Å². The average Bonchev–Trinajstić information content (AvgIpc) is 3.23. The standard InChI is InChI=1S/C17H21F3N2O/c1-11(12-8-21-9-12)15(23)22-10-16(5-6-16)13-3-2-4-14(7-13)17(18,19)20/h2-4,7,11-12,21H,5-6,8-10H2,1H3,(H,22,23). The Morgan fingerprint density at radius 2 is 2.09 bits per heavy atom. The van der Waals surface area contributed by atoms with Crippen LogP contribution in [0.15, 0.2) is 24.3 Å². The molecule has 6 heteroatoms. The zero-order valence-electron chi connectivity index (χ0n) is 13.0. The molecular weight excluding hydrogens is 305 g/mol. The van der Waals surface area contributed by atoms with E-state index in [0.717, 1.165) is 32.0 Å². The lowest BCUT2D eigenvalue weighted by atomic mass is 9.88. The quantitative estimate of drug-likeness (QED) is 0.873. The van der Waals surface area contributed by atoms with E-state index in [4.69, 9.17) is 0 Å². The molecule has 0 aromatic heterocycles. The highest BCUT2D eigenvalue weighted by atomic mass is 19.4. The highest BCUT2D eigenvalue weighted by Gasteiger charge is 2.45. The summed E-state index contributed by atoms with van der Waals surface area (Å²) >= 11 is 0. The Bertz CT molecular complexity index is 592. The molecule has 1 unspecified atom stereocenters. The van der Waals surface area contributed by atoms with Crippen LogP contribution in [-0.4, -0.2) is 25.5 Å². The van der Waals surface area contributed by atoms with E-state index in [0.29, 0.717) is 18.0 Å². The van der Waals surface area contributed by atoms with Crippen molar-refractivity contribution in [1.29, 1.82) is 0 Å². The van der Waals surface area contributed by atoms with Gasteiger partial charge in [0, 0.05) is 17.9 Å². The lowest BCUT2D eigenvalue weighted by molar-refractivity contribution is -0.137. The molecule has 0 radical (unpaired) electrons. The van der Waals surface area contributed by atoms with E-state index < -0.39 is 11.7 Å². The van der Waals surface area contributed by atoms with Crippen molar-refractivity contribution in [1.82, 2.24) is 10.6 Å². The van der Waals surface area contributed by atoms with Crippen LogP contribution in [0.5, 0.6) is 0 Å². The smallest absolute Gasteiger partial charge is 0.355 e. The molecule has 1 heterocycles. The maximum atomic E-state index is 12.9. The van der Waals surface area contributed by atoms with Gasteiger partial charge >= 0.3 is 6.18 Å². The van der Waals surface area contributed by atoms with Crippen LogP contribution in [0.1, 0.15) is 30.9 Å². The Morgan fingerprint density at radius 3 is 2.61 bits per heavy atom. The van der Waals surface area contributed by atoms with Gasteiger partial charge in [0.1, 0.15) is 0 Å². The summed E-state index contributed by atoms with van der Waals surface area (Å²) in [5.74, 6) is 0.294. The highest BCUT2D eigenvalue weighted by Crippen LogP contribution is 2.48. The third kappa shape index (κ3) is 3.37. The van der Waals surface area contributed by atoms with Gasteiger partial charge < -0.3 is 10.6 Å². The number of nitrogens with one attached hydrogen (secondary N) is 2.